The van der Waals surface area contributed by atoms with Gasteiger partial charge in [-0.2, -0.15) is 0 Å². The Morgan fingerprint density at radius 1 is 1.03 bits per heavy atom. The maximum Gasteiger partial charge on any atom is 0.266 e. The predicted octanol–water partition coefficient (Wildman–Crippen LogP) is 4.48. The summed E-state index contributed by atoms with van der Waals surface area (Å²) in [6, 6.07) is 14.7. The zero-order valence-electron chi connectivity index (χ0n) is 16.5. The van der Waals surface area contributed by atoms with Gasteiger partial charge in [0, 0.05) is 25.3 Å². The number of hydrogen-bond acceptors (Lipinski definition) is 4. The highest BCUT2D eigenvalue weighted by Crippen LogP contribution is 2.38. The molecule has 0 spiro atoms. The van der Waals surface area contributed by atoms with Gasteiger partial charge >= 0.3 is 0 Å². The van der Waals surface area contributed by atoms with Gasteiger partial charge in [-0.3, -0.25) is 15.1 Å². The molecule has 5 rings (SSSR count). The number of rotatable bonds is 4. The van der Waals surface area contributed by atoms with Crippen LogP contribution in [-0.4, -0.2) is 35.6 Å². The van der Waals surface area contributed by atoms with Gasteiger partial charge in [0.1, 0.15) is 0 Å². The van der Waals surface area contributed by atoms with E-state index in [1.54, 1.807) is 4.90 Å². The monoisotopic (exact) mass is 403 g/mol. The molecule has 29 heavy (non-hydrogen) atoms. The lowest BCUT2D eigenvalue weighted by Crippen LogP contribution is -2.34. The van der Waals surface area contributed by atoms with Gasteiger partial charge in [-0.15, -0.1) is 0 Å². The first-order valence-electron chi connectivity index (χ1n) is 10.4. The van der Waals surface area contributed by atoms with Crippen LogP contribution in [0.1, 0.15) is 35.1 Å². The molecular weight excluding hydrogens is 378 g/mol. The molecule has 2 aromatic carbocycles. The van der Waals surface area contributed by atoms with Crippen molar-refractivity contribution in [3.05, 3.63) is 69.6 Å². The SMILES string of the molecule is N=C1S/C(=C/c2cc3c4c(c2)CCCN4CCC3)C(=O)N1CCc1ccccc1. The highest BCUT2D eigenvalue weighted by atomic mass is 32.2. The lowest BCUT2D eigenvalue weighted by molar-refractivity contribution is -0.122. The Hall–Kier alpha value is -2.53. The summed E-state index contributed by atoms with van der Waals surface area (Å²) in [5.41, 5.74) is 6.59. The van der Waals surface area contributed by atoms with Gasteiger partial charge in [0.2, 0.25) is 0 Å². The first-order chi connectivity index (χ1) is 14.2. The fourth-order valence-electron chi connectivity index (χ4n) is 4.67. The first-order valence-corrected chi connectivity index (χ1v) is 11.3. The number of amides is 1. The van der Waals surface area contributed by atoms with E-state index in [4.69, 9.17) is 5.41 Å². The predicted molar refractivity (Wildman–Crippen MR) is 120 cm³/mol. The third-order valence-electron chi connectivity index (χ3n) is 6.03. The quantitative estimate of drug-likeness (QED) is 0.766. The van der Waals surface area contributed by atoms with Crippen molar-refractivity contribution in [3.63, 3.8) is 0 Å². The third-order valence-corrected chi connectivity index (χ3v) is 6.95. The lowest BCUT2D eigenvalue weighted by atomic mass is 9.90. The Labute approximate surface area is 176 Å². The van der Waals surface area contributed by atoms with E-state index < -0.39 is 0 Å². The van der Waals surface area contributed by atoms with Crippen LogP contribution in [0, 0.1) is 5.41 Å². The van der Waals surface area contributed by atoms with Crippen molar-refractivity contribution in [3.8, 4) is 0 Å². The molecular formula is C24H25N3OS. The van der Waals surface area contributed by atoms with Crippen LogP contribution in [0.5, 0.6) is 0 Å². The minimum absolute atomic E-state index is 0.0380. The van der Waals surface area contributed by atoms with Crippen LogP contribution in [0.25, 0.3) is 6.08 Å². The first kappa shape index (κ1) is 18.5. The Morgan fingerprint density at radius 3 is 2.41 bits per heavy atom. The Kier molecular flexibility index (Phi) is 4.92. The van der Waals surface area contributed by atoms with Crippen LogP contribution in [0.2, 0.25) is 0 Å². The van der Waals surface area contributed by atoms with Crippen molar-refractivity contribution in [1.29, 1.82) is 5.41 Å². The normalized spacial score (nSPS) is 19.8. The molecule has 0 aliphatic carbocycles. The number of nitrogens with one attached hydrogen (secondary N) is 1. The van der Waals surface area contributed by atoms with Gasteiger partial charge in [-0.05, 0) is 84.3 Å². The summed E-state index contributed by atoms with van der Waals surface area (Å²) in [6.07, 6.45) is 7.41. The molecule has 148 valence electrons. The summed E-state index contributed by atoms with van der Waals surface area (Å²) in [7, 11) is 0. The molecule has 0 atom stereocenters. The number of carbonyl (C=O) groups is 1. The lowest BCUT2D eigenvalue weighted by Gasteiger charge is -2.37. The zero-order valence-corrected chi connectivity index (χ0v) is 17.3. The Balaban J connectivity index is 1.37. The van der Waals surface area contributed by atoms with Gasteiger partial charge < -0.3 is 4.90 Å². The van der Waals surface area contributed by atoms with Crippen LogP contribution in [0.4, 0.5) is 5.69 Å². The standard InChI is InChI=1S/C24H25N3OS/c25-24-27(13-10-17-6-2-1-3-7-17)23(28)21(29-24)16-18-14-19-8-4-11-26-12-5-9-20(15-18)22(19)26/h1-3,6-7,14-16,25H,4-5,8-13H2/b21-16+,25-24?. The topological polar surface area (TPSA) is 47.4 Å². The summed E-state index contributed by atoms with van der Waals surface area (Å²) in [5, 5.41) is 8.62. The molecule has 0 unspecified atom stereocenters. The molecule has 1 saturated heterocycles. The number of anilines is 1. The highest BCUT2D eigenvalue weighted by Gasteiger charge is 2.32. The van der Waals surface area contributed by atoms with Crippen LogP contribution in [0.15, 0.2) is 47.4 Å². The molecule has 1 N–H and O–H groups in total. The second kappa shape index (κ2) is 7.71. The molecule has 1 fully saturated rings. The van der Waals surface area contributed by atoms with E-state index in [1.807, 2.05) is 24.3 Å². The highest BCUT2D eigenvalue weighted by molar-refractivity contribution is 8.18. The molecule has 0 radical (unpaired) electrons. The molecule has 0 aromatic heterocycles. The summed E-state index contributed by atoms with van der Waals surface area (Å²) in [6.45, 7) is 2.89. The van der Waals surface area contributed by atoms with E-state index in [0.717, 1.165) is 24.8 Å². The third kappa shape index (κ3) is 3.60. The number of carbonyl (C=O) groups excluding carboxylic acids is 1. The molecule has 3 aliphatic rings. The van der Waals surface area contributed by atoms with E-state index in [2.05, 4.69) is 29.2 Å². The minimum atomic E-state index is -0.0380. The number of benzene rings is 2. The van der Waals surface area contributed by atoms with E-state index in [9.17, 15) is 4.79 Å². The van der Waals surface area contributed by atoms with E-state index >= 15 is 0 Å². The number of hydrogen-bond donors (Lipinski definition) is 1. The molecule has 1 amide bonds. The fraction of sp³-hybridized carbons (Fsp3) is 0.333. The minimum Gasteiger partial charge on any atom is -0.371 e. The van der Waals surface area contributed by atoms with Crippen LogP contribution in [-0.2, 0) is 24.1 Å². The van der Waals surface area contributed by atoms with E-state index in [-0.39, 0.29) is 5.91 Å². The zero-order chi connectivity index (χ0) is 19.8. The second-order valence-electron chi connectivity index (χ2n) is 7.99. The number of aryl methyl sites for hydroxylation is 2. The van der Waals surface area contributed by atoms with Crippen LogP contribution in [0.3, 0.4) is 0 Å². The summed E-state index contributed by atoms with van der Waals surface area (Å²) < 4.78 is 0. The molecule has 3 heterocycles. The Bertz CT molecular complexity index is 967. The second-order valence-corrected chi connectivity index (χ2v) is 9.02. The Morgan fingerprint density at radius 2 is 1.72 bits per heavy atom. The van der Waals surface area contributed by atoms with E-state index in [1.165, 1.54) is 60.1 Å². The maximum absolute atomic E-state index is 12.9. The molecule has 3 aliphatic heterocycles. The maximum atomic E-state index is 12.9. The molecule has 4 nitrogen and oxygen atoms in total. The van der Waals surface area contributed by atoms with E-state index in [0.29, 0.717) is 16.6 Å². The summed E-state index contributed by atoms with van der Waals surface area (Å²) in [5.74, 6) is -0.0380. The van der Waals surface area contributed by atoms with Gasteiger partial charge in [0.05, 0.1) is 4.91 Å². The smallest absolute Gasteiger partial charge is 0.266 e. The fourth-order valence-corrected chi connectivity index (χ4v) is 5.56. The van der Waals surface area contributed by atoms with Crippen molar-refractivity contribution in [2.75, 3.05) is 24.5 Å². The van der Waals surface area contributed by atoms with Crippen molar-refractivity contribution < 1.29 is 4.79 Å². The average molecular weight is 404 g/mol. The van der Waals surface area contributed by atoms with Crippen LogP contribution < -0.4 is 4.90 Å². The van der Waals surface area contributed by atoms with Crippen molar-refractivity contribution >= 4 is 34.6 Å². The van der Waals surface area contributed by atoms with Gasteiger partial charge in [-0.25, -0.2) is 0 Å². The number of nitrogens with zero attached hydrogens (tertiary/aromatic N) is 2. The van der Waals surface area contributed by atoms with Gasteiger partial charge in [0.15, 0.2) is 5.17 Å². The van der Waals surface area contributed by atoms with Crippen molar-refractivity contribution in [2.24, 2.45) is 0 Å². The summed E-state index contributed by atoms with van der Waals surface area (Å²) in [4.78, 5) is 17.7. The molecule has 0 saturated carbocycles. The van der Waals surface area contributed by atoms with Crippen molar-refractivity contribution in [1.82, 2.24) is 4.90 Å². The average Bonchev–Trinajstić information content (AvgIpc) is 3.00. The van der Waals surface area contributed by atoms with Gasteiger partial charge in [-0.1, -0.05) is 30.3 Å². The molecule has 2 aromatic rings. The van der Waals surface area contributed by atoms with Crippen LogP contribution >= 0.6 is 11.8 Å². The number of thioether (sulfide) groups is 1. The van der Waals surface area contributed by atoms with Crippen molar-refractivity contribution in [2.45, 2.75) is 32.1 Å². The number of amidine groups is 1. The largest absolute Gasteiger partial charge is 0.371 e. The molecule has 0 bridgehead atoms. The molecule has 5 heteroatoms. The van der Waals surface area contributed by atoms with Gasteiger partial charge in [0.25, 0.3) is 5.91 Å². The summed E-state index contributed by atoms with van der Waals surface area (Å²) >= 11 is 1.29.